The van der Waals surface area contributed by atoms with Gasteiger partial charge in [0, 0.05) is 18.8 Å². The van der Waals surface area contributed by atoms with Crippen LogP contribution >= 0.6 is 0 Å². The number of hydrogen-bond acceptors (Lipinski definition) is 4. The molecule has 0 unspecified atom stereocenters. The molecular formula is C14H20N2O4. The molecule has 1 aromatic heterocycles. The smallest absolute Gasteiger partial charge is 0.410 e. The van der Waals surface area contributed by atoms with Gasteiger partial charge in [-0.25, -0.2) is 9.59 Å². The summed E-state index contributed by atoms with van der Waals surface area (Å²) in [7, 11) is 1.36. The van der Waals surface area contributed by atoms with E-state index in [1.165, 1.54) is 7.11 Å². The Morgan fingerprint density at radius 1 is 1.20 bits per heavy atom. The van der Waals surface area contributed by atoms with Crippen LogP contribution in [0.5, 0.6) is 0 Å². The molecule has 20 heavy (non-hydrogen) atoms. The van der Waals surface area contributed by atoms with Crippen molar-refractivity contribution < 1.29 is 19.1 Å². The van der Waals surface area contributed by atoms with Crippen LogP contribution in [0, 0.1) is 0 Å². The molecule has 1 aromatic rings. The minimum Gasteiger partial charge on any atom is -0.464 e. The number of nitrogens with zero attached hydrogens (tertiary/aromatic N) is 2. The molecular weight excluding hydrogens is 260 g/mol. The molecule has 6 nitrogen and oxygen atoms in total. The predicted molar refractivity (Wildman–Crippen MR) is 72.4 cm³/mol. The Morgan fingerprint density at radius 2 is 1.90 bits per heavy atom. The van der Waals surface area contributed by atoms with Gasteiger partial charge in [0.2, 0.25) is 0 Å². The zero-order valence-electron chi connectivity index (χ0n) is 12.3. The first-order valence-electron chi connectivity index (χ1n) is 6.56. The van der Waals surface area contributed by atoms with Crippen molar-refractivity contribution in [1.82, 2.24) is 9.47 Å². The summed E-state index contributed by atoms with van der Waals surface area (Å²) in [6.07, 6.45) is -0.329. The van der Waals surface area contributed by atoms with Gasteiger partial charge in [0.25, 0.3) is 0 Å². The van der Waals surface area contributed by atoms with Crippen LogP contribution < -0.4 is 0 Å². The number of hydrogen-bond donors (Lipinski definition) is 0. The molecule has 1 amide bonds. The second kappa shape index (κ2) is 5.19. The normalized spacial score (nSPS) is 14.7. The highest BCUT2D eigenvalue weighted by molar-refractivity contribution is 5.88. The fourth-order valence-electron chi connectivity index (χ4n) is 2.17. The van der Waals surface area contributed by atoms with Crippen LogP contribution in [0.15, 0.2) is 12.1 Å². The number of rotatable bonds is 1. The first-order chi connectivity index (χ1) is 9.31. The van der Waals surface area contributed by atoms with Crippen molar-refractivity contribution in [2.24, 2.45) is 0 Å². The number of carbonyl (C=O) groups is 2. The number of amides is 1. The lowest BCUT2D eigenvalue weighted by atomic mass is 10.2. The summed E-state index contributed by atoms with van der Waals surface area (Å²) in [5, 5.41) is 0. The second-order valence-electron chi connectivity index (χ2n) is 5.76. The fraction of sp³-hybridized carbons (Fsp3) is 0.571. The van der Waals surface area contributed by atoms with Gasteiger partial charge in [0.1, 0.15) is 11.3 Å². The molecule has 0 saturated carbocycles. The molecule has 6 heteroatoms. The van der Waals surface area contributed by atoms with Crippen molar-refractivity contribution in [3.63, 3.8) is 0 Å². The molecule has 0 fully saturated rings. The third-order valence-corrected chi connectivity index (χ3v) is 3.06. The third kappa shape index (κ3) is 2.95. The van der Waals surface area contributed by atoms with Crippen molar-refractivity contribution in [2.45, 2.75) is 39.5 Å². The van der Waals surface area contributed by atoms with E-state index in [-0.39, 0.29) is 12.1 Å². The molecule has 110 valence electrons. The molecule has 2 heterocycles. The summed E-state index contributed by atoms with van der Waals surface area (Å²) in [5.41, 5.74) is 0.919. The Labute approximate surface area is 118 Å². The highest BCUT2D eigenvalue weighted by atomic mass is 16.6. The number of aromatic nitrogens is 1. The lowest BCUT2D eigenvalue weighted by molar-refractivity contribution is 0.0198. The maximum atomic E-state index is 12.0. The predicted octanol–water partition coefficient (Wildman–Crippen LogP) is 2.03. The van der Waals surface area contributed by atoms with Gasteiger partial charge in [-0.1, -0.05) is 0 Å². The van der Waals surface area contributed by atoms with E-state index >= 15 is 0 Å². The van der Waals surface area contributed by atoms with Crippen molar-refractivity contribution in [3.8, 4) is 0 Å². The van der Waals surface area contributed by atoms with E-state index in [0.717, 1.165) is 5.69 Å². The maximum absolute atomic E-state index is 12.0. The highest BCUT2D eigenvalue weighted by Gasteiger charge is 2.27. The summed E-state index contributed by atoms with van der Waals surface area (Å²) in [6, 6.07) is 3.56. The molecule has 0 aromatic carbocycles. The summed E-state index contributed by atoms with van der Waals surface area (Å²) in [6.45, 7) is 7.03. The van der Waals surface area contributed by atoms with E-state index in [2.05, 4.69) is 0 Å². The Balaban J connectivity index is 2.11. The SMILES string of the molecule is COC(=O)c1ccc2n1CCN(C(=O)OC(C)(C)C)C2. The number of fused-ring (bicyclic) bond motifs is 1. The first kappa shape index (κ1) is 14.4. The molecule has 1 aliphatic heterocycles. The van der Waals surface area contributed by atoms with Crippen LogP contribution in [-0.2, 0) is 22.6 Å². The van der Waals surface area contributed by atoms with Crippen LogP contribution in [-0.4, -0.2) is 40.8 Å². The molecule has 0 N–H and O–H groups in total. The van der Waals surface area contributed by atoms with Gasteiger partial charge >= 0.3 is 12.1 Å². The summed E-state index contributed by atoms with van der Waals surface area (Å²) < 4.78 is 12.0. The zero-order chi connectivity index (χ0) is 14.9. The van der Waals surface area contributed by atoms with Crippen molar-refractivity contribution >= 4 is 12.1 Å². The van der Waals surface area contributed by atoms with Gasteiger partial charge in [-0.15, -0.1) is 0 Å². The Bertz CT molecular complexity index is 528. The molecule has 0 radical (unpaired) electrons. The van der Waals surface area contributed by atoms with Gasteiger partial charge < -0.3 is 18.9 Å². The van der Waals surface area contributed by atoms with Gasteiger partial charge in [-0.2, -0.15) is 0 Å². The summed E-state index contributed by atoms with van der Waals surface area (Å²) >= 11 is 0. The average molecular weight is 280 g/mol. The Kier molecular flexibility index (Phi) is 3.74. The van der Waals surface area contributed by atoms with Gasteiger partial charge in [-0.3, -0.25) is 0 Å². The third-order valence-electron chi connectivity index (χ3n) is 3.06. The molecule has 0 atom stereocenters. The van der Waals surface area contributed by atoms with Crippen molar-refractivity contribution in [1.29, 1.82) is 0 Å². The van der Waals surface area contributed by atoms with E-state index in [1.54, 1.807) is 11.0 Å². The average Bonchev–Trinajstić information content (AvgIpc) is 2.78. The molecule has 0 bridgehead atoms. The number of ether oxygens (including phenoxy) is 2. The lowest BCUT2D eigenvalue weighted by Crippen LogP contribution is -2.41. The van der Waals surface area contributed by atoms with E-state index in [4.69, 9.17) is 9.47 Å². The van der Waals surface area contributed by atoms with E-state index < -0.39 is 5.60 Å². The van der Waals surface area contributed by atoms with Crippen LogP contribution in [0.2, 0.25) is 0 Å². The first-order valence-corrected chi connectivity index (χ1v) is 6.56. The van der Waals surface area contributed by atoms with E-state index in [9.17, 15) is 9.59 Å². The van der Waals surface area contributed by atoms with Gasteiger partial charge in [-0.05, 0) is 32.9 Å². The minimum absolute atomic E-state index is 0.329. The quantitative estimate of drug-likeness (QED) is 0.738. The molecule has 0 aliphatic carbocycles. The number of methoxy groups -OCH3 is 1. The number of esters is 1. The highest BCUT2D eigenvalue weighted by Crippen LogP contribution is 2.20. The van der Waals surface area contributed by atoms with Crippen LogP contribution in [0.3, 0.4) is 0 Å². The van der Waals surface area contributed by atoms with Crippen molar-refractivity contribution in [3.05, 3.63) is 23.5 Å². The molecule has 1 aliphatic rings. The van der Waals surface area contributed by atoms with E-state index in [1.807, 2.05) is 31.4 Å². The van der Waals surface area contributed by atoms with Crippen LogP contribution in [0.25, 0.3) is 0 Å². The van der Waals surface area contributed by atoms with E-state index in [0.29, 0.717) is 25.3 Å². The Hall–Kier alpha value is -1.98. The molecule has 0 saturated heterocycles. The monoisotopic (exact) mass is 280 g/mol. The zero-order valence-corrected chi connectivity index (χ0v) is 12.3. The molecule has 0 spiro atoms. The topological polar surface area (TPSA) is 60.8 Å². The number of carbonyl (C=O) groups excluding carboxylic acids is 2. The maximum Gasteiger partial charge on any atom is 0.410 e. The van der Waals surface area contributed by atoms with Crippen LogP contribution in [0.1, 0.15) is 37.0 Å². The van der Waals surface area contributed by atoms with Gasteiger partial charge in [0.15, 0.2) is 0 Å². The Morgan fingerprint density at radius 3 is 2.50 bits per heavy atom. The lowest BCUT2D eigenvalue weighted by Gasteiger charge is -2.31. The summed E-state index contributed by atoms with van der Waals surface area (Å²) in [4.78, 5) is 25.3. The van der Waals surface area contributed by atoms with Crippen LogP contribution in [0.4, 0.5) is 4.79 Å². The second-order valence-corrected chi connectivity index (χ2v) is 5.76. The fourth-order valence-corrected chi connectivity index (χ4v) is 2.17. The van der Waals surface area contributed by atoms with Crippen molar-refractivity contribution in [2.75, 3.05) is 13.7 Å². The molecule has 2 rings (SSSR count). The summed E-state index contributed by atoms with van der Waals surface area (Å²) in [5.74, 6) is -0.359. The standard InChI is InChI=1S/C14H20N2O4/c1-14(2,3)20-13(18)15-7-8-16-10(9-15)5-6-11(16)12(17)19-4/h5-6H,7-9H2,1-4H3. The largest absolute Gasteiger partial charge is 0.464 e. The van der Waals surface area contributed by atoms with Gasteiger partial charge in [0.05, 0.1) is 13.7 Å². The minimum atomic E-state index is -0.506.